The average Bonchev–Trinajstić information content (AvgIpc) is 2.89. The predicted molar refractivity (Wildman–Crippen MR) is 97.1 cm³/mol. The Hall–Kier alpha value is -2.55. The van der Waals surface area contributed by atoms with Crippen molar-refractivity contribution in [2.24, 2.45) is 5.73 Å². The molecule has 0 spiro atoms. The Labute approximate surface area is 158 Å². The molecule has 1 heterocycles. The lowest BCUT2D eigenvalue weighted by molar-refractivity contribution is -0.144. The van der Waals surface area contributed by atoms with Gasteiger partial charge in [0.1, 0.15) is 24.5 Å². The van der Waals surface area contributed by atoms with Crippen LogP contribution in [-0.2, 0) is 15.1 Å². The first-order chi connectivity index (χ1) is 12.8. The van der Waals surface area contributed by atoms with Gasteiger partial charge in [0.15, 0.2) is 5.54 Å². The summed E-state index contributed by atoms with van der Waals surface area (Å²) in [6, 6.07) is 2.02. The monoisotopic (exact) mass is 396 g/mol. The molecule has 10 nitrogen and oxygen atoms in total. The summed E-state index contributed by atoms with van der Waals surface area (Å²) in [5.74, 6) is -0.551. The van der Waals surface area contributed by atoms with Crippen molar-refractivity contribution in [3.05, 3.63) is 44.4 Å². The van der Waals surface area contributed by atoms with Gasteiger partial charge in [-0.1, -0.05) is 0 Å². The highest BCUT2D eigenvalue weighted by Crippen LogP contribution is 2.38. The van der Waals surface area contributed by atoms with Crippen molar-refractivity contribution >= 4 is 17.7 Å². The maximum absolute atomic E-state index is 12.0. The van der Waals surface area contributed by atoms with E-state index in [-0.39, 0.29) is 18.6 Å². The molecule has 0 fully saturated rings. The van der Waals surface area contributed by atoms with E-state index in [1.54, 1.807) is 0 Å². The molecule has 0 bridgehead atoms. The Morgan fingerprint density at radius 2 is 2.33 bits per heavy atom. The first kappa shape index (κ1) is 20.8. The minimum Gasteiger partial charge on any atom is -0.509 e. The minimum absolute atomic E-state index is 0.0903. The van der Waals surface area contributed by atoms with Crippen LogP contribution in [0.5, 0.6) is 0 Å². The quantitative estimate of drug-likeness (QED) is 0.420. The lowest BCUT2D eigenvalue weighted by atomic mass is 9.94. The van der Waals surface area contributed by atoms with Crippen LogP contribution in [-0.4, -0.2) is 56.5 Å². The Kier molecular flexibility index (Phi) is 6.48. The highest BCUT2D eigenvalue weighted by atomic mass is 32.2. The van der Waals surface area contributed by atoms with E-state index in [1.165, 1.54) is 11.8 Å². The number of rotatable bonds is 7. The van der Waals surface area contributed by atoms with Crippen molar-refractivity contribution < 1.29 is 19.7 Å². The molecule has 0 radical (unpaired) electrons. The van der Waals surface area contributed by atoms with Crippen molar-refractivity contribution in [1.29, 1.82) is 5.26 Å². The van der Waals surface area contributed by atoms with Crippen molar-refractivity contribution in [3.63, 3.8) is 0 Å². The predicted octanol–water partition coefficient (Wildman–Crippen LogP) is -1.04. The average molecular weight is 396 g/mol. The van der Waals surface area contributed by atoms with Gasteiger partial charge in [-0.15, -0.1) is 0 Å². The number of nitrogens with two attached hydrogens (primary N) is 1. The standard InChI is InChI=1S/C16H20N4O6S/c1-27-5-3-10(18)14(24)26-7-9-6-16(8-17,13(23)12(9)22)20-4-2-11(21)19-15(20)25/h2,4,10,13,22-23H,3,5-7,18H2,1H3,(H,19,21,25)/t10-,13?,16+/m1/s1. The summed E-state index contributed by atoms with van der Waals surface area (Å²) in [5.41, 5.74) is 2.36. The Morgan fingerprint density at radius 3 is 2.93 bits per heavy atom. The molecule has 1 aromatic heterocycles. The number of aromatic nitrogens is 2. The molecule has 3 atom stereocenters. The summed E-state index contributed by atoms with van der Waals surface area (Å²) in [5, 5.41) is 30.2. The fourth-order valence-corrected chi connectivity index (χ4v) is 3.28. The molecule has 1 aliphatic carbocycles. The number of nitrogens with one attached hydrogen (secondary N) is 1. The molecule has 1 aromatic rings. The van der Waals surface area contributed by atoms with E-state index in [4.69, 9.17) is 10.5 Å². The molecule has 1 aliphatic rings. The van der Waals surface area contributed by atoms with Gasteiger partial charge >= 0.3 is 11.7 Å². The number of thioether (sulfide) groups is 1. The summed E-state index contributed by atoms with van der Waals surface area (Å²) in [6.45, 7) is -0.379. The molecular weight excluding hydrogens is 376 g/mol. The SMILES string of the molecule is CSCC[C@@H](N)C(=O)OCC1=C(O)C(O)[C@](C#N)(n2ccc(=O)[nH]c2=O)C1. The van der Waals surface area contributed by atoms with Gasteiger partial charge in [0.05, 0.1) is 6.07 Å². The van der Waals surface area contributed by atoms with Gasteiger partial charge in [-0.3, -0.25) is 19.1 Å². The minimum atomic E-state index is -1.87. The van der Waals surface area contributed by atoms with Gasteiger partial charge in [-0.2, -0.15) is 17.0 Å². The van der Waals surface area contributed by atoms with Crippen LogP contribution >= 0.6 is 11.8 Å². The molecule has 0 aliphatic heterocycles. The Bertz CT molecular complexity index is 901. The van der Waals surface area contributed by atoms with Crippen LogP contribution in [0, 0.1) is 11.3 Å². The van der Waals surface area contributed by atoms with E-state index in [2.05, 4.69) is 0 Å². The zero-order valence-corrected chi connectivity index (χ0v) is 15.4. The van der Waals surface area contributed by atoms with Crippen molar-refractivity contribution in [1.82, 2.24) is 9.55 Å². The fraction of sp³-hybridized carbons (Fsp3) is 0.500. The second-order valence-corrected chi connectivity index (χ2v) is 7.07. The molecule has 0 saturated heterocycles. The van der Waals surface area contributed by atoms with Crippen LogP contribution in [0.15, 0.2) is 33.2 Å². The molecule has 11 heteroatoms. The van der Waals surface area contributed by atoms with E-state index in [9.17, 15) is 29.9 Å². The normalized spacial score (nSPS) is 23.1. The number of aromatic amines is 1. The number of aliphatic hydroxyl groups excluding tert-OH is 2. The summed E-state index contributed by atoms with van der Waals surface area (Å²) in [4.78, 5) is 37.2. The third-order valence-electron chi connectivity index (χ3n) is 4.33. The number of nitriles is 1. The molecule has 2 rings (SSSR count). The van der Waals surface area contributed by atoms with Crippen LogP contribution in [0.3, 0.4) is 0 Å². The van der Waals surface area contributed by atoms with E-state index < -0.39 is 40.7 Å². The fourth-order valence-electron chi connectivity index (χ4n) is 2.79. The summed E-state index contributed by atoms with van der Waals surface area (Å²) in [6.07, 6.45) is 1.36. The number of hydrogen-bond acceptors (Lipinski definition) is 9. The summed E-state index contributed by atoms with van der Waals surface area (Å²) >= 11 is 1.53. The van der Waals surface area contributed by atoms with Crippen LogP contribution in [0.4, 0.5) is 0 Å². The maximum atomic E-state index is 12.0. The second-order valence-electron chi connectivity index (χ2n) is 6.08. The Morgan fingerprint density at radius 1 is 1.63 bits per heavy atom. The van der Waals surface area contributed by atoms with Gasteiger partial charge in [-0.25, -0.2) is 4.79 Å². The van der Waals surface area contributed by atoms with E-state index in [0.717, 1.165) is 16.8 Å². The maximum Gasteiger partial charge on any atom is 0.329 e. The number of H-pyrrole nitrogens is 1. The topological polar surface area (TPSA) is 171 Å². The molecule has 146 valence electrons. The lowest BCUT2D eigenvalue weighted by Gasteiger charge is -2.27. The molecule has 5 N–H and O–H groups in total. The highest BCUT2D eigenvalue weighted by Gasteiger charge is 2.50. The number of carbonyl (C=O) groups is 1. The Balaban J connectivity index is 2.20. The zero-order chi connectivity index (χ0) is 20.2. The van der Waals surface area contributed by atoms with Gasteiger partial charge in [-0.05, 0) is 18.4 Å². The van der Waals surface area contributed by atoms with Gasteiger partial charge in [0.2, 0.25) is 0 Å². The van der Waals surface area contributed by atoms with Gasteiger partial charge < -0.3 is 20.7 Å². The smallest absolute Gasteiger partial charge is 0.329 e. The largest absolute Gasteiger partial charge is 0.509 e. The van der Waals surface area contributed by atoms with E-state index >= 15 is 0 Å². The second kappa shape index (κ2) is 8.43. The van der Waals surface area contributed by atoms with Crippen LogP contribution < -0.4 is 17.0 Å². The molecule has 27 heavy (non-hydrogen) atoms. The number of carbonyl (C=O) groups excluding carboxylic acids is 1. The molecule has 0 saturated carbocycles. The third-order valence-corrected chi connectivity index (χ3v) is 4.97. The van der Waals surface area contributed by atoms with Crippen LogP contribution in [0.1, 0.15) is 12.8 Å². The summed E-state index contributed by atoms with van der Waals surface area (Å²) in [7, 11) is 0. The van der Waals surface area contributed by atoms with Crippen LogP contribution in [0.25, 0.3) is 0 Å². The molecule has 1 unspecified atom stereocenters. The number of ether oxygens (including phenoxy) is 1. The van der Waals surface area contributed by atoms with Gasteiger partial charge in [0, 0.05) is 24.3 Å². The number of nitrogens with zero attached hydrogens (tertiary/aromatic N) is 2. The first-order valence-electron chi connectivity index (χ1n) is 8.00. The molecule has 0 amide bonds. The first-order valence-corrected chi connectivity index (χ1v) is 9.40. The van der Waals surface area contributed by atoms with Crippen molar-refractivity contribution in [2.75, 3.05) is 18.6 Å². The zero-order valence-electron chi connectivity index (χ0n) is 14.5. The van der Waals surface area contributed by atoms with Crippen molar-refractivity contribution in [2.45, 2.75) is 30.5 Å². The van der Waals surface area contributed by atoms with E-state index in [1.807, 2.05) is 17.3 Å². The molecule has 0 aromatic carbocycles. The lowest BCUT2D eigenvalue weighted by Crippen LogP contribution is -2.48. The number of aliphatic hydroxyl groups is 2. The number of esters is 1. The molecular formula is C16H20N4O6S. The number of hydrogen-bond donors (Lipinski definition) is 4. The van der Waals surface area contributed by atoms with Crippen molar-refractivity contribution in [3.8, 4) is 6.07 Å². The van der Waals surface area contributed by atoms with E-state index in [0.29, 0.717) is 12.2 Å². The van der Waals surface area contributed by atoms with Crippen LogP contribution in [0.2, 0.25) is 0 Å². The highest BCUT2D eigenvalue weighted by molar-refractivity contribution is 7.98. The third kappa shape index (κ3) is 4.08. The van der Waals surface area contributed by atoms with Gasteiger partial charge in [0.25, 0.3) is 5.56 Å². The summed E-state index contributed by atoms with van der Waals surface area (Å²) < 4.78 is 5.91.